The van der Waals surface area contributed by atoms with E-state index in [4.69, 9.17) is 24.5 Å². The Labute approximate surface area is 250 Å². The highest BCUT2D eigenvalue weighted by atomic mass is 16.5. The molecule has 11 heteroatoms. The maximum atomic E-state index is 12.5. The van der Waals surface area contributed by atoms with Gasteiger partial charge in [-0.05, 0) is 49.5 Å². The van der Waals surface area contributed by atoms with Crippen LogP contribution in [0.5, 0.6) is 11.8 Å². The van der Waals surface area contributed by atoms with E-state index in [1.165, 1.54) is 6.08 Å². The number of carbonyl (C=O) groups is 1. The number of imidazole rings is 1. The molecule has 4 aromatic rings. The van der Waals surface area contributed by atoms with Crippen molar-refractivity contribution < 1.29 is 14.3 Å². The molecule has 0 saturated carbocycles. The summed E-state index contributed by atoms with van der Waals surface area (Å²) in [4.78, 5) is 28.3. The molecule has 2 aromatic heterocycles. The van der Waals surface area contributed by atoms with Crippen LogP contribution in [0.4, 0.5) is 5.82 Å². The van der Waals surface area contributed by atoms with Gasteiger partial charge < -0.3 is 24.2 Å². The average Bonchev–Trinajstić information content (AvgIpc) is 3.64. The zero-order valence-electron chi connectivity index (χ0n) is 24.6. The summed E-state index contributed by atoms with van der Waals surface area (Å²) in [5, 5.41) is 16.5. The first-order valence-corrected chi connectivity index (χ1v) is 14.7. The summed E-state index contributed by atoms with van der Waals surface area (Å²) in [7, 11) is 3.80. The number of fused-ring (bicyclic) bond motifs is 2. The number of benzene rings is 2. The molecule has 43 heavy (non-hydrogen) atoms. The minimum Gasteiger partial charge on any atom is -0.496 e. The standard InChI is InChI=1S/C32H36N8O3/c1-4-29(41)39-17-16-38(20-23(39)13-14-33)31-30-34-19-25(18-22-11-12-28(42-3)27-10-6-5-9-26(22)27)40(30)36-32(35-31)43-21-24-8-7-15-37(24)2/h4-6,9-12,19,23-24H,1,7-8,13,15-18,20-21H2,2-3H3/t23-,24-/m0/s1. The van der Waals surface area contributed by atoms with Crippen LogP contribution in [0, 0.1) is 11.3 Å². The van der Waals surface area contributed by atoms with E-state index in [-0.39, 0.29) is 24.4 Å². The van der Waals surface area contributed by atoms with Gasteiger partial charge in [0, 0.05) is 37.5 Å². The Kier molecular flexibility index (Phi) is 8.11. The van der Waals surface area contributed by atoms with Crippen molar-refractivity contribution >= 4 is 28.1 Å². The Bertz CT molecular complexity index is 1700. The molecule has 0 unspecified atom stereocenters. The number of likely N-dealkylation sites (tertiary alicyclic amines) is 1. The van der Waals surface area contributed by atoms with Gasteiger partial charge in [-0.3, -0.25) is 4.79 Å². The Morgan fingerprint density at radius 2 is 2.00 bits per heavy atom. The molecule has 4 heterocycles. The summed E-state index contributed by atoms with van der Waals surface area (Å²) in [6, 6.07) is 14.8. The quantitative estimate of drug-likeness (QED) is 0.275. The number of amides is 1. The zero-order chi connectivity index (χ0) is 29.9. The van der Waals surface area contributed by atoms with Crippen molar-refractivity contribution in [2.45, 2.75) is 37.8 Å². The van der Waals surface area contributed by atoms with E-state index in [0.29, 0.717) is 50.2 Å². The predicted octanol–water partition coefficient (Wildman–Crippen LogP) is 3.47. The van der Waals surface area contributed by atoms with Crippen LogP contribution in [0.25, 0.3) is 16.4 Å². The van der Waals surface area contributed by atoms with Crippen molar-refractivity contribution in [1.82, 2.24) is 29.4 Å². The Balaban J connectivity index is 1.38. The number of nitrogens with zero attached hydrogens (tertiary/aromatic N) is 8. The molecule has 0 spiro atoms. The number of hydrogen-bond acceptors (Lipinski definition) is 9. The summed E-state index contributed by atoms with van der Waals surface area (Å²) in [5.74, 6) is 1.28. The van der Waals surface area contributed by atoms with Crippen LogP contribution < -0.4 is 14.4 Å². The largest absolute Gasteiger partial charge is 0.496 e. The highest BCUT2D eigenvalue weighted by Crippen LogP contribution is 2.31. The van der Waals surface area contributed by atoms with Gasteiger partial charge in [-0.2, -0.15) is 10.2 Å². The van der Waals surface area contributed by atoms with Crippen LogP contribution in [-0.4, -0.2) is 94.3 Å². The fourth-order valence-electron chi connectivity index (χ4n) is 6.24. The summed E-state index contributed by atoms with van der Waals surface area (Å²) in [6.07, 6.45) is 6.15. The summed E-state index contributed by atoms with van der Waals surface area (Å²) >= 11 is 0. The number of rotatable bonds is 9. The molecule has 11 nitrogen and oxygen atoms in total. The lowest BCUT2D eigenvalue weighted by Crippen LogP contribution is -2.55. The molecule has 0 aliphatic carbocycles. The molecule has 2 fully saturated rings. The lowest BCUT2D eigenvalue weighted by atomic mass is 10.0. The van der Waals surface area contributed by atoms with Crippen molar-refractivity contribution in [2.24, 2.45) is 0 Å². The number of piperazine rings is 1. The first kappa shape index (κ1) is 28.4. The zero-order valence-corrected chi connectivity index (χ0v) is 24.6. The average molecular weight is 581 g/mol. The number of methoxy groups -OCH3 is 1. The van der Waals surface area contributed by atoms with Gasteiger partial charge >= 0.3 is 6.01 Å². The van der Waals surface area contributed by atoms with Crippen molar-refractivity contribution in [3.63, 3.8) is 0 Å². The lowest BCUT2D eigenvalue weighted by Gasteiger charge is -2.40. The Hall–Kier alpha value is -4.69. The van der Waals surface area contributed by atoms with Crippen LogP contribution in [0.1, 0.15) is 30.5 Å². The monoisotopic (exact) mass is 580 g/mol. The molecule has 0 bridgehead atoms. The Morgan fingerprint density at radius 1 is 1.16 bits per heavy atom. The number of likely N-dealkylation sites (N-methyl/N-ethyl adjacent to an activating group) is 1. The van der Waals surface area contributed by atoms with Gasteiger partial charge in [0.05, 0.1) is 37.5 Å². The fraction of sp³-hybridized carbons (Fsp3) is 0.406. The first-order chi connectivity index (χ1) is 21.0. The third-order valence-corrected chi connectivity index (χ3v) is 8.60. The molecular formula is C32H36N8O3. The highest BCUT2D eigenvalue weighted by molar-refractivity contribution is 5.91. The van der Waals surface area contributed by atoms with E-state index in [2.05, 4.69) is 47.7 Å². The van der Waals surface area contributed by atoms with Crippen molar-refractivity contribution in [2.75, 3.05) is 51.8 Å². The molecule has 0 radical (unpaired) electrons. The van der Waals surface area contributed by atoms with E-state index in [1.807, 2.05) is 28.9 Å². The smallest absolute Gasteiger partial charge is 0.336 e. The van der Waals surface area contributed by atoms with Crippen molar-refractivity contribution in [1.29, 1.82) is 5.26 Å². The van der Waals surface area contributed by atoms with Gasteiger partial charge in [-0.15, -0.1) is 5.10 Å². The first-order valence-electron chi connectivity index (χ1n) is 14.7. The van der Waals surface area contributed by atoms with E-state index in [1.54, 1.807) is 12.0 Å². The summed E-state index contributed by atoms with van der Waals surface area (Å²) < 4.78 is 13.7. The number of anilines is 1. The molecule has 6 rings (SSSR count). The van der Waals surface area contributed by atoms with E-state index in [9.17, 15) is 10.1 Å². The molecule has 2 atom stereocenters. The molecule has 222 valence electrons. The van der Waals surface area contributed by atoms with Gasteiger partial charge in [-0.1, -0.05) is 36.9 Å². The van der Waals surface area contributed by atoms with Crippen molar-refractivity contribution in [3.05, 3.63) is 66.5 Å². The molecule has 2 aliphatic heterocycles. The molecule has 1 amide bonds. The highest BCUT2D eigenvalue weighted by Gasteiger charge is 2.32. The summed E-state index contributed by atoms with van der Waals surface area (Å²) in [6.45, 7) is 6.60. The Morgan fingerprint density at radius 3 is 2.74 bits per heavy atom. The second-order valence-corrected chi connectivity index (χ2v) is 11.1. The minimum absolute atomic E-state index is 0.174. The normalized spacial score (nSPS) is 19.1. The minimum atomic E-state index is -0.295. The maximum absolute atomic E-state index is 12.5. The van der Waals surface area contributed by atoms with Gasteiger partial charge in [0.15, 0.2) is 11.5 Å². The number of carbonyl (C=O) groups excluding carboxylic acids is 1. The second kappa shape index (κ2) is 12.3. The van der Waals surface area contributed by atoms with Gasteiger partial charge in [-0.25, -0.2) is 9.50 Å². The SMILES string of the molecule is C=CC(=O)N1CCN(c2nc(OC[C@@H]3CCCN3C)nn3c(Cc4ccc(OC)c5ccccc45)cnc23)C[C@@H]1CC#N. The summed E-state index contributed by atoms with van der Waals surface area (Å²) in [5.41, 5.74) is 2.63. The third kappa shape index (κ3) is 5.58. The van der Waals surface area contributed by atoms with Crippen molar-refractivity contribution in [3.8, 4) is 17.8 Å². The van der Waals surface area contributed by atoms with Gasteiger partial charge in [0.2, 0.25) is 5.91 Å². The second-order valence-electron chi connectivity index (χ2n) is 11.1. The maximum Gasteiger partial charge on any atom is 0.336 e. The van der Waals surface area contributed by atoms with E-state index < -0.39 is 0 Å². The number of nitriles is 1. The van der Waals surface area contributed by atoms with Crippen LogP contribution in [-0.2, 0) is 11.2 Å². The number of aromatic nitrogens is 4. The van der Waals surface area contributed by atoms with Gasteiger partial charge in [0.25, 0.3) is 0 Å². The lowest BCUT2D eigenvalue weighted by molar-refractivity contribution is -0.128. The topological polar surface area (TPSA) is 112 Å². The molecular weight excluding hydrogens is 544 g/mol. The van der Waals surface area contributed by atoms with Crippen LogP contribution in [0.3, 0.4) is 0 Å². The number of ether oxygens (including phenoxy) is 2. The molecule has 0 N–H and O–H groups in total. The third-order valence-electron chi connectivity index (χ3n) is 8.60. The van der Waals surface area contributed by atoms with Crippen LogP contribution in [0.2, 0.25) is 0 Å². The predicted molar refractivity (Wildman–Crippen MR) is 163 cm³/mol. The van der Waals surface area contributed by atoms with Crippen LogP contribution in [0.15, 0.2) is 55.3 Å². The molecule has 2 saturated heterocycles. The number of hydrogen-bond donors (Lipinski definition) is 0. The van der Waals surface area contributed by atoms with E-state index >= 15 is 0 Å². The van der Waals surface area contributed by atoms with E-state index in [0.717, 1.165) is 47.2 Å². The molecule has 2 aliphatic rings. The fourth-order valence-corrected chi connectivity index (χ4v) is 6.24. The van der Waals surface area contributed by atoms with Crippen LogP contribution >= 0.6 is 0 Å². The molecule has 2 aromatic carbocycles. The van der Waals surface area contributed by atoms with Gasteiger partial charge in [0.1, 0.15) is 12.4 Å².